The van der Waals surface area contributed by atoms with E-state index in [9.17, 15) is 9.90 Å². The molecular formula is C18H24BrN3O2S. The van der Waals surface area contributed by atoms with Crippen LogP contribution in [0.15, 0.2) is 25.9 Å². The standard InChI is InChI=1S/C18H24BrN3O2S/c1-12(23)22-8-5-13-9-14(19)16(10-15(13)22)25-21-17(20)11-18(24)6-3-2-4-7-18/h9-10,24H,2-8,11H2,1H3,(H2,20,21). The van der Waals surface area contributed by atoms with Gasteiger partial charge in [-0.25, -0.2) is 0 Å². The van der Waals surface area contributed by atoms with Crippen LogP contribution in [0, 0.1) is 0 Å². The molecule has 1 aliphatic heterocycles. The van der Waals surface area contributed by atoms with Crippen LogP contribution in [-0.4, -0.2) is 29.0 Å². The average molecular weight is 426 g/mol. The molecule has 3 N–H and O–H groups in total. The van der Waals surface area contributed by atoms with E-state index in [1.54, 1.807) is 11.8 Å². The van der Waals surface area contributed by atoms with Gasteiger partial charge in [0.05, 0.1) is 5.60 Å². The van der Waals surface area contributed by atoms with E-state index in [2.05, 4.69) is 26.4 Å². The van der Waals surface area contributed by atoms with Crippen LogP contribution >= 0.6 is 27.9 Å². The van der Waals surface area contributed by atoms with Gasteiger partial charge in [-0.2, -0.15) is 4.40 Å². The maximum Gasteiger partial charge on any atom is 0.223 e. The van der Waals surface area contributed by atoms with E-state index >= 15 is 0 Å². The van der Waals surface area contributed by atoms with Gasteiger partial charge in [0.25, 0.3) is 0 Å². The number of halogens is 1. The SMILES string of the molecule is CC(=O)N1CCc2cc(Br)c(S/N=C(\N)CC3(O)CCCCC3)cc21. The summed E-state index contributed by atoms with van der Waals surface area (Å²) in [6.07, 6.45) is 6.16. The lowest BCUT2D eigenvalue weighted by molar-refractivity contribution is -0.116. The number of hydrogen-bond donors (Lipinski definition) is 2. The van der Waals surface area contributed by atoms with Crippen molar-refractivity contribution in [3.05, 3.63) is 22.2 Å². The summed E-state index contributed by atoms with van der Waals surface area (Å²) in [6, 6.07) is 4.05. The number of nitrogens with two attached hydrogens (primary N) is 1. The number of rotatable bonds is 4. The molecule has 0 atom stereocenters. The molecule has 1 heterocycles. The molecule has 0 radical (unpaired) electrons. The number of hydrogen-bond acceptors (Lipinski definition) is 4. The number of aliphatic hydroxyl groups is 1. The second-order valence-corrected chi connectivity index (χ2v) is 8.63. The van der Waals surface area contributed by atoms with Crippen LogP contribution in [0.4, 0.5) is 5.69 Å². The molecule has 0 spiro atoms. The fourth-order valence-corrected chi connectivity index (χ4v) is 4.85. The lowest BCUT2D eigenvalue weighted by Crippen LogP contribution is -2.36. The van der Waals surface area contributed by atoms with Gasteiger partial charge in [-0.1, -0.05) is 19.3 Å². The minimum atomic E-state index is -0.701. The molecule has 0 saturated heterocycles. The Balaban J connectivity index is 1.72. The summed E-state index contributed by atoms with van der Waals surface area (Å²) >= 11 is 4.87. The van der Waals surface area contributed by atoms with E-state index in [1.807, 2.05) is 6.07 Å². The van der Waals surface area contributed by atoms with Crippen LogP contribution in [0.1, 0.15) is 51.0 Å². The van der Waals surface area contributed by atoms with Gasteiger partial charge >= 0.3 is 0 Å². The number of carbonyl (C=O) groups is 1. The molecule has 0 aromatic heterocycles. The van der Waals surface area contributed by atoms with Gasteiger partial charge in [0.2, 0.25) is 5.91 Å². The predicted molar refractivity (Wildman–Crippen MR) is 106 cm³/mol. The Morgan fingerprint density at radius 3 is 2.80 bits per heavy atom. The smallest absolute Gasteiger partial charge is 0.223 e. The number of amidine groups is 1. The highest BCUT2D eigenvalue weighted by Gasteiger charge is 2.30. The first kappa shape index (κ1) is 18.7. The van der Waals surface area contributed by atoms with Crippen molar-refractivity contribution < 1.29 is 9.90 Å². The Bertz CT molecular complexity index is 702. The van der Waals surface area contributed by atoms with Crippen molar-refractivity contribution in [3.63, 3.8) is 0 Å². The van der Waals surface area contributed by atoms with Crippen LogP contribution in [0.2, 0.25) is 0 Å². The molecule has 1 amide bonds. The van der Waals surface area contributed by atoms with Gasteiger partial charge in [-0.3, -0.25) is 4.79 Å². The van der Waals surface area contributed by atoms with Gasteiger partial charge in [0.1, 0.15) is 5.84 Å². The summed E-state index contributed by atoms with van der Waals surface area (Å²) in [5, 5.41) is 10.6. The third-order valence-electron chi connectivity index (χ3n) is 4.96. The third kappa shape index (κ3) is 4.38. The fraction of sp³-hybridized carbons (Fsp3) is 0.556. The summed E-state index contributed by atoms with van der Waals surface area (Å²) < 4.78 is 5.36. The van der Waals surface area contributed by atoms with Crippen molar-refractivity contribution in [1.29, 1.82) is 0 Å². The third-order valence-corrected chi connectivity index (χ3v) is 6.74. The van der Waals surface area contributed by atoms with E-state index in [1.165, 1.54) is 23.9 Å². The van der Waals surface area contributed by atoms with Crippen LogP contribution in [0.25, 0.3) is 0 Å². The fourth-order valence-electron chi connectivity index (χ4n) is 3.65. The first-order valence-electron chi connectivity index (χ1n) is 8.70. The molecule has 5 nitrogen and oxygen atoms in total. The highest BCUT2D eigenvalue weighted by Crippen LogP contribution is 2.38. The number of anilines is 1. The molecule has 7 heteroatoms. The minimum Gasteiger partial charge on any atom is -0.389 e. The van der Waals surface area contributed by atoms with Gasteiger partial charge in [-0.05, 0) is 52.9 Å². The molecule has 25 heavy (non-hydrogen) atoms. The molecule has 1 aromatic rings. The van der Waals surface area contributed by atoms with Crippen molar-refractivity contribution in [2.45, 2.75) is 62.4 Å². The molecule has 2 aliphatic rings. The van der Waals surface area contributed by atoms with E-state index in [0.717, 1.165) is 53.7 Å². The maximum atomic E-state index is 11.8. The van der Waals surface area contributed by atoms with Crippen molar-refractivity contribution in [2.24, 2.45) is 10.1 Å². The molecule has 0 bridgehead atoms. The second-order valence-electron chi connectivity index (χ2n) is 6.97. The van der Waals surface area contributed by atoms with Crippen molar-refractivity contribution in [1.82, 2.24) is 0 Å². The van der Waals surface area contributed by atoms with Gasteiger partial charge in [-0.15, -0.1) is 0 Å². The zero-order chi connectivity index (χ0) is 18.0. The lowest BCUT2D eigenvalue weighted by Gasteiger charge is -2.31. The van der Waals surface area contributed by atoms with Gasteiger partial charge in [0.15, 0.2) is 0 Å². The summed E-state index contributed by atoms with van der Waals surface area (Å²) in [4.78, 5) is 14.5. The van der Waals surface area contributed by atoms with Crippen LogP contribution in [0.3, 0.4) is 0 Å². The molecule has 3 rings (SSSR count). The number of carbonyl (C=O) groups excluding carboxylic acids is 1. The minimum absolute atomic E-state index is 0.0551. The van der Waals surface area contributed by atoms with Crippen LogP contribution < -0.4 is 10.6 Å². The van der Waals surface area contributed by atoms with Gasteiger partial charge < -0.3 is 15.7 Å². The molecular weight excluding hydrogens is 402 g/mol. The average Bonchev–Trinajstić information content (AvgIpc) is 2.95. The largest absolute Gasteiger partial charge is 0.389 e. The molecule has 136 valence electrons. The molecule has 1 saturated carbocycles. The van der Waals surface area contributed by atoms with E-state index in [0.29, 0.717) is 12.3 Å². The monoisotopic (exact) mass is 425 g/mol. The van der Waals surface area contributed by atoms with Crippen molar-refractivity contribution >= 4 is 45.3 Å². The highest BCUT2D eigenvalue weighted by molar-refractivity contribution is 9.10. The first-order valence-corrected chi connectivity index (χ1v) is 10.3. The Hall–Kier alpha value is -1.05. The Labute approximate surface area is 161 Å². The highest BCUT2D eigenvalue weighted by atomic mass is 79.9. The number of nitrogens with zero attached hydrogens (tertiary/aromatic N) is 2. The molecule has 1 aliphatic carbocycles. The summed E-state index contributed by atoms with van der Waals surface area (Å²) in [5.74, 6) is 0.518. The normalized spacial score (nSPS) is 19.8. The zero-order valence-corrected chi connectivity index (χ0v) is 16.8. The first-order chi connectivity index (χ1) is 11.9. The van der Waals surface area contributed by atoms with Crippen LogP contribution in [0.5, 0.6) is 0 Å². The number of fused-ring (bicyclic) bond motifs is 1. The predicted octanol–water partition coefficient (Wildman–Crippen LogP) is 3.81. The number of amides is 1. The topological polar surface area (TPSA) is 78.9 Å². The zero-order valence-electron chi connectivity index (χ0n) is 14.4. The lowest BCUT2D eigenvalue weighted by atomic mass is 9.82. The second kappa shape index (κ2) is 7.68. The van der Waals surface area contributed by atoms with Gasteiger partial charge in [0, 0.05) is 46.9 Å². The summed E-state index contributed by atoms with van der Waals surface area (Å²) in [6.45, 7) is 2.31. The van der Waals surface area contributed by atoms with Crippen molar-refractivity contribution in [3.8, 4) is 0 Å². The maximum absolute atomic E-state index is 11.8. The molecule has 1 aromatic carbocycles. The Morgan fingerprint density at radius 1 is 1.40 bits per heavy atom. The summed E-state index contributed by atoms with van der Waals surface area (Å²) in [7, 11) is 0. The van der Waals surface area contributed by atoms with Crippen LogP contribution in [-0.2, 0) is 11.2 Å². The molecule has 1 fully saturated rings. The molecule has 0 unspecified atom stereocenters. The number of benzene rings is 1. The van der Waals surface area contributed by atoms with Crippen molar-refractivity contribution in [2.75, 3.05) is 11.4 Å². The van der Waals surface area contributed by atoms with E-state index < -0.39 is 5.60 Å². The quantitative estimate of drug-likeness (QED) is 0.436. The Morgan fingerprint density at radius 2 is 2.12 bits per heavy atom. The summed E-state index contributed by atoms with van der Waals surface area (Å²) in [5.41, 5.74) is 7.49. The Kier molecular flexibility index (Phi) is 5.75. The van der Waals surface area contributed by atoms with E-state index in [4.69, 9.17) is 5.73 Å². The van der Waals surface area contributed by atoms with E-state index in [-0.39, 0.29) is 5.91 Å².